The molecule has 0 aromatic carbocycles. The van der Waals surface area contributed by atoms with Crippen LogP contribution in [-0.4, -0.2) is 28.8 Å². The second-order valence-corrected chi connectivity index (χ2v) is 7.19. The monoisotopic (exact) mass is 288 g/mol. The molecular weight excluding hydrogens is 260 g/mol. The van der Waals surface area contributed by atoms with Crippen molar-refractivity contribution >= 4 is 5.84 Å². The fourth-order valence-corrected chi connectivity index (χ4v) is 3.23. The molecule has 1 unspecified atom stereocenters. The summed E-state index contributed by atoms with van der Waals surface area (Å²) < 4.78 is 0. The van der Waals surface area contributed by atoms with Crippen LogP contribution in [0.1, 0.15) is 51.3 Å². The van der Waals surface area contributed by atoms with E-state index < -0.39 is 0 Å². The Labute approximate surface area is 128 Å². The number of nitrogens with zero attached hydrogens (tertiary/aromatic N) is 2. The Morgan fingerprint density at radius 3 is 2.81 bits per heavy atom. The molecule has 21 heavy (non-hydrogen) atoms. The van der Waals surface area contributed by atoms with E-state index in [-0.39, 0.29) is 5.84 Å². The highest BCUT2D eigenvalue weighted by Gasteiger charge is 2.27. The van der Waals surface area contributed by atoms with Gasteiger partial charge >= 0.3 is 0 Å². The van der Waals surface area contributed by atoms with Gasteiger partial charge in [-0.05, 0) is 55.3 Å². The van der Waals surface area contributed by atoms with Crippen LogP contribution in [0.4, 0.5) is 0 Å². The molecule has 0 saturated carbocycles. The fourth-order valence-electron chi connectivity index (χ4n) is 3.23. The summed E-state index contributed by atoms with van der Waals surface area (Å²) in [6.07, 6.45) is 5.52. The molecule has 1 aliphatic heterocycles. The summed E-state index contributed by atoms with van der Waals surface area (Å²) in [6.45, 7) is 10.1. The SMILES string of the molecule is CC(C)(C)C1CCCN(Cc2cccnc2C(=N)N)CC1. The lowest BCUT2D eigenvalue weighted by atomic mass is 9.77. The van der Waals surface area contributed by atoms with Gasteiger partial charge in [-0.25, -0.2) is 0 Å². The van der Waals surface area contributed by atoms with Crippen LogP contribution in [0.25, 0.3) is 0 Å². The molecule has 1 saturated heterocycles. The zero-order valence-electron chi connectivity index (χ0n) is 13.5. The van der Waals surface area contributed by atoms with Crippen molar-refractivity contribution < 1.29 is 0 Å². The highest BCUT2D eigenvalue weighted by molar-refractivity contribution is 5.94. The van der Waals surface area contributed by atoms with Gasteiger partial charge in [0.25, 0.3) is 0 Å². The zero-order valence-corrected chi connectivity index (χ0v) is 13.5. The molecule has 0 bridgehead atoms. The van der Waals surface area contributed by atoms with Crippen LogP contribution in [-0.2, 0) is 6.54 Å². The third-order valence-corrected chi connectivity index (χ3v) is 4.59. The molecule has 1 fully saturated rings. The Balaban J connectivity index is 2.03. The number of nitrogen functional groups attached to an aromatic ring is 1. The summed E-state index contributed by atoms with van der Waals surface area (Å²) >= 11 is 0. The third kappa shape index (κ3) is 4.27. The van der Waals surface area contributed by atoms with Gasteiger partial charge in [0.2, 0.25) is 0 Å². The zero-order chi connectivity index (χ0) is 15.5. The van der Waals surface area contributed by atoms with E-state index in [9.17, 15) is 0 Å². The molecule has 116 valence electrons. The van der Waals surface area contributed by atoms with Gasteiger partial charge in [0.15, 0.2) is 0 Å². The molecule has 1 aliphatic rings. The smallest absolute Gasteiger partial charge is 0.142 e. The van der Waals surface area contributed by atoms with E-state index in [4.69, 9.17) is 11.1 Å². The first-order chi connectivity index (χ1) is 9.88. The van der Waals surface area contributed by atoms with Crippen molar-refractivity contribution in [1.82, 2.24) is 9.88 Å². The number of hydrogen-bond acceptors (Lipinski definition) is 3. The van der Waals surface area contributed by atoms with Gasteiger partial charge in [-0.3, -0.25) is 15.3 Å². The van der Waals surface area contributed by atoms with Crippen LogP contribution in [0.15, 0.2) is 18.3 Å². The van der Waals surface area contributed by atoms with Gasteiger partial charge in [0, 0.05) is 12.7 Å². The van der Waals surface area contributed by atoms with Crippen molar-refractivity contribution in [2.45, 2.75) is 46.6 Å². The minimum Gasteiger partial charge on any atom is -0.382 e. The number of rotatable bonds is 3. The maximum atomic E-state index is 7.65. The van der Waals surface area contributed by atoms with Gasteiger partial charge in [0.1, 0.15) is 11.5 Å². The molecule has 0 radical (unpaired) electrons. The van der Waals surface area contributed by atoms with E-state index in [0.717, 1.165) is 31.1 Å². The Bertz CT molecular complexity index is 490. The second kappa shape index (κ2) is 6.56. The van der Waals surface area contributed by atoms with Gasteiger partial charge in [-0.1, -0.05) is 26.8 Å². The Morgan fingerprint density at radius 1 is 1.38 bits per heavy atom. The number of likely N-dealkylation sites (tertiary alicyclic amines) is 1. The van der Waals surface area contributed by atoms with E-state index >= 15 is 0 Å². The Kier molecular flexibility index (Phi) is 4.99. The van der Waals surface area contributed by atoms with Crippen molar-refractivity contribution in [2.24, 2.45) is 17.1 Å². The average Bonchev–Trinajstić information content (AvgIpc) is 2.64. The molecule has 2 rings (SSSR count). The highest BCUT2D eigenvalue weighted by Crippen LogP contribution is 2.34. The summed E-state index contributed by atoms with van der Waals surface area (Å²) in [6, 6.07) is 3.97. The lowest BCUT2D eigenvalue weighted by Gasteiger charge is -2.29. The van der Waals surface area contributed by atoms with Crippen LogP contribution < -0.4 is 5.73 Å². The predicted molar refractivity (Wildman–Crippen MR) is 87.3 cm³/mol. The van der Waals surface area contributed by atoms with Gasteiger partial charge in [-0.15, -0.1) is 0 Å². The molecule has 2 heterocycles. The summed E-state index contributed by atoms with van der Waals surface area (Å²) in [5.41, 5.74) is 7.73. The molecule has 1 aromatic rings. The molecule has 4 heteroatoms. The van der Waals surface area contributed by atoms with E-state index in [1.165, 1.54) is 19.3 Å². The summed E-state index contributed by atoms with van der Waals surface area (Å²) in [5.74, 6) is 0.858. The van der Waals surface area contributed by atoms with Crippen LogP contribution >= 0.6 is 0 Å². The molecule has 3 N–H and O–H groups in total. The first-order valence-corrected chi connectivity index (χ1v) is 7.88. The predicted octanol–water partition coefficient (Wildman–Crippen LogP) is 3.01. The Morgan fingerprint density at radius 2 is 2.14 bits per heavy atom. The standard InChI is InChI=1S/C17H28N4/c1-17(2,3)14-7-5-10-21(11-8-14)12-13-6-4-9-20-15(13)16(18)19/h4,6,9,14H,5,7-8,10-12H2,1-3H3,(H3,18,19). The van der Waals surface area contributed by atoms with Crippen molar-refractivity contribution in [3.63, 3.8) is 0 Å². The van der Waals surface area contributed by atoms with Crippen molar-refractivity contribution in [1.29, 1.82) is 5.41 Å². The number of nitrogens with two attached hydrogens (primary N) is 1. The van der Waals surface area contributed by atoms with E-state index in [0.29, 0.717) is 11.1 Å². The minimum atomic E-state index is 0.0630. The van der Waals surface area contributed by atoms with Crippen LogP contribution in [0.5, 0.6) is 0 Å². The maximum absolute atomic E-state index is 7.65. The number of aromatic nitrogens is 1. The number of amidine groups is 1. The molecule has 1 atom stereocenters. The van der Waals surface area contributed by atoms with Crippen LogP contribution in [0.2, 0.25) is 0 Å². The van der Waals surface area contributed by atoms with Gasteiger partial charge in [0.05, 0.1) is 0 Å². The largest absolute Gasteiger partial charge is 0.382 e. The van der Waals surface area contributed by atoms with Gasteiger partial charge < -0.3 is 5.73 Å². The summed E-state index contributed by atoms with van der Waals surface area (Å²) in [5, 5.41) is 7.65. The second-order valence-electron chi connectivity index (χ2n) is 7.19. The first kappa shape index (κ1) is 16.0. The fraction of sp³-hybridized carbons (Fsp3) is 0.647. The van der Waals surface area contributed by atoms with Gasteiger partial charge in [-0.2, -0.15) is 0 Å². The normalized spacial score (nSPS) is 21.0. The molecule has 0 spiro atoms. The average molecular weight is 288 g/mol. The van der Waals surface area contributed by atoms with Crippen molar-refractivity contribution in [3.05, 3.63) is 29.6 Å². The molecular formula is C17H28N4. The molecule has 0 amide bonds. The highest BCUT2D eigenvalue weighted by atomic mass is 15.1. The van der Waals surface area contributed by atoms with Crippen LogP contribution in [0.3, 0.4) is 0 Å². The lowest BCUT2D eigenvalue weighted by molar-refractivity contribution is 0.206. The van der Waals surface area contributed by atoms with E-state index in [1.807, 2.05) is 12.1 Å². The number of nitrogens with one attached hydrogen (secondary N) is 1. The van der Waals surface area contributed by atoms with E-state index in [2.05, 4.69) is 30.7 Å². The quantitative estimate of drug-likeness (QED) is 0.663. The van der Waals surface area contributed by atoms with Crippen LogP contribution in [0, 0.1) is 16.7 Å². The Hall–Kier alpha value is -1.42. The maximum Gasteiger partial charge on any atom is 0.142 e. The number of pyridine rings is 1. The lowest BCUT2D eigenvalue weighted by Crippen LogP contribution is -2.27. The first-order valence-electron chi connectivity index (χ1n) is 7.88. The molecule has 4 nitrogen and oxygen atoms in total. The molecule has 1 aromatic heterocycles. The third-order valence-electron chi connectivity index (χ3n) is 4.59. The number of hydrogen-bond donors (Lipinski definition) is 2. The topological polar surface area (TPSA) is 66.0 Å². The molecule has 0 aliphatic carbocycles. The minimum absolute atomic E-state index is 0.0630. The van der Waals surface area contributed by atoms with Crippen molar-refractivity contribution in [2.75, 3.05) is 13.1 Å². The van der Waals surface area contributed by atoms with E-state index in [1.54, 1.807) is 6.20 Å². The summed E-state index contributed by atoms with van der Waals surface area (Å²) in [4.78, 5) is 6.73. The van der Waals surface area contributed by atoms with Crippen molar-refractivity contribution in [3.8, 4) is 0 Å². The summed E-state index contributed by atoms with van der Waals surface area (Å²) in [7, 11) is 0.